The number of carbonyl (C=O) groups is 2. The van der Waals surface area contributed by atoms with E-state index in [2.05, 4.69) is 12.2 Å². The predicted octanol–water partition coefficient (Wildman–Crippen LogP) is 2.59. The van der Waals surface area contributed by atoms with Gasteiger partial charge in [-0.05, 0) is 24.7 Å². The quantitative estimate of drug-likeness (QED) is 0.709. The molecule has 0 unspecified atom stereocenters. The Morgan fingerprint density at radius 3 is 2.83 bits per heavy atom. The van der Waals surface area contributed by atoms with Crippen molar-refractivity contribution in [1.82, 2.24) is 4.90 Å². The molecule has 0 bridgehead atoms. The largest absolute Gasteiger partial charge is 0.447 e. The maximum atomic E-state index is 12.5. The van der Waals surface area contributed by atoms with E-state index < -0.39 is 6.09 Å². The minimum atomic E-state index is -0.472. The molecule has 0 N–H and O–H groups in total. The number of ether oxygens (including phenoxy) is 1. The molecule has 2 aliphatic rings. The molecule has 0 radical (unpaired) electrons. The van der Waals surface area contributed by atoms with Gasteiger partial charge in [-0.25, -0.2) is 9.69 Å². The minimum Gasteiger partial charge on any atom is -0.447 e. The van der Waals surface area contributed by atoms with Gasteiger partial charge in [-0.2, -0.15) is 0 Å². The highest BCUT2D eigenvalue weighted by Gasteiger charge is 2.43. The lowest BCUT2D eigenvalue weighted by Crippen LogP contribution is -2.46. The molecule has 0 aromatic carbocycles. The fourth-order valence-electron chi connectivity index (χ4n) is 2.69. The zero-order valence-corrected chi connectivity index (χ0v) is 11.3. The Hall–Kier alpha value is -1.32. The van der Waals surface area contributed by atoms with Gasteiger partial charge in [0, 0.05) is 5.92 Å². The van der Waals surface area contributed by atoms with Crippen LogP contribution in [-0.4, -0.2) is 29.5 Å². The molecule has 1 fully saturated rings. The molecule has 0 aromatic heterocycles. The molecule has 1 aliphatic heterocycles. The highest BCUT2D eigenvalue weighted by Crippen LogP contribution is 2.30. The van der Waals surface area contributed by atoms with Crippen LogP contribution in [0.4, 0.5) is 4.79 Å². The van der Waals surface area contributed by atoms with Crippen LogP contribution in [0.5, 0.6) is 0 Å². The van der Waals surface area contributed by atoms with Crippen molar-refractivity contribution in [2.75, 3.05) is 6.61 Å². The monoisotopic (exact) mass is 251 g/mol. The van der Waals surface area contributed by atoms with Crippen molar-refractivity contribution in [3.05, 3.63) is 12.2 Å². The summed E-state index contributed by atoms with van der Waals surface area (Å²) in [5, 5.41) is 0. The van der Waals surface area contributed by atoms with Crippen LogP contribution < -0.4 is 0 Å². The van der Waals surface area contributed by atoms with E-state index in [1.807, 2.05) is 20.8 Å². The summed E-state index contributed by atoms with van der Waals surface area (Å²) in [5.74, 6) is 0.289. The van der Waals surface area contributed by atoms with Crippen LogP contribution in [0.25, 0.3) is 0 Å². The summed E-state index contributed by atoms with van der Waals surface area (Å²) in [5.41, 5.74) is 0. The van der Waals surface area contributed by atoms with Crippen LogP contribution in [0.1, 0.15) is 33.6 Å². The smallest absolute Gasteiger partial charge is 0.416 e. The van der Waals surface area contributed by atoms with E-state index in [0.717, 1.165) is 12.8 Å². The average molecular weight is 251 g/mol. The highest BCUT2D eigenvalue weighted by molar-refractivity contribution is 5.95. The van der Waals surface area contributed by atoms with Crippen molar-refractivity contribution >= 4 is 12.0 Å². The van der Waals surface area contributed by atoms with Crippen LogP contribution in [0.15, 0.2) is 12.2 Å². The Bertz CT molecular complexity index is 375. The zero-order valence-electron chi connectivity index (χ0n) is 11.3. The molecule has 4 nitrogen and oxygen atoms in total. The molecule has 2 rings (SSSR count). The Morgan fingerprint density at radius 2 is 2.22 bits per heavy atom. The molecule has 3 atom stereocenters. The van der Waals surface area contributed by atoms with Gasteiger partial charge in [0.05, 0.1) is 6.04 Å². The summed E-state index contributed by atoms with van der Waals surface area (Å²) in [7, 11) is 0. The molecule has 2 amide bonds. The number of hydrogen-bond donors (Lipinski definition) is 0. The zero-order chi connectivity index (χ0) is 13.3. The molecular weight excluding hydrogens is 230 g/mol. The Labute approximate surface area is 108 Å². The third kappa shape index (κ3) is 2.28. The first-order valence-corrected chi connectivity index (χ1v) is 6.69. The predicted molar refractivity (Wildman–Crippen MR) is 67.8 cm³/mol. The number of imide groups is 1. The molecule has 1 heterocycles. The molecule has 18 heavy (non-hydrogen) atoms. The van der Waals surface area contributed by atoms with Gasteiger partial charge in [-0.3, -0.25) is 4.79 Å². The van der Waals surface area contributed by atoms with Crippen LogP contribution in [-0.2, 0) is 9.53 Å². The van der Waals surface area contributed by atoms with E-state index in [0.29, 0.717) is 6.61 Å². The van der Waals surface area contributed by atoms with E-state index in [1.54, 1.807) is 0 Å². The summed E-state index contributed by atoms with van der Waals surface area (Å²) < 4.78 is 5.03. The lowest BCUT2D eigenvalue weighted by Gasteiger charge is -2.30. The van der Waals surface area contributed by atoms with Gasteiger partial charge in [0.15, 0.2) is 0 Å². The standard InChI is InChI=1S/C14H21NO3/c1-9(2)12-8-18-14(17)15(12)13(16)11-7-5-4-6-10(11)3/h4,6,9-12H,5,7-8H2,1-3H3/t10-,11+,12+/m0/s1. The Morgan fingerprint density at radius 1 is 1.50 bits per heavy atom. The van der Waals surface area contributed by atoms with Crippen molar-refractivity contribution in [2.24, 2.45) is 17.8 Å². The first-order valence-electron chi connectivity index (χ1n) is 6.69. The molecular formula is C14H21NO3. The van der Waals surface area contributed by atoms with Gasteiger partial charge in [0.25, 0.3) is 0 Å². The second kappa shape index (κ2) is 5.12. The fourth-order valence-corrected chi connectivity index (χ4v) is 2.69. The number of amides is 2. The van der Waals surface area contributed by atoms with E-state index >= 15 is 0 Å². The van der Waals surface area contributed by atoms with Gasteiger partial charge in [-0.1, -0.05) is 32.9 Å². The van der Waals surface area contributed by atoms with E-state index in [1.165, 1.54) is 4.90 Å². The van der Waals surface area contributed by atoms with Crippen molar-refractivity contribution in [1.29, 1.82) is 0 Å². The van der Waals surface area contributed by atoms with Crippen molar-refractivity contribution in [3.63, 3.8) is 0 Å². The van der Waals surface area contributed by atoms with E-state index in [4.69, 9.17) is 4.74 Å². The van der Waals surface area contributed by atoms with Crippen LogP contribution in [0, 0.1) is 17.8 Å². The Balaban J connectivity index is 2.16. The highest BCUT2D eigenvalue weighted by atomic mass is 16.6. The molecule has 0 saturated carbocycles. The number of allylic oxidation sites excluding steroid dienone is 2. The lowest BCUT2D eigenvalue weighted by molar-refractivity contribution is -0.135. The first-order chi connectivity index (χ1) is 8.52. The number of nitrogens with zero attached hydrogens (tertiary/aromatic N) is 1. The third-order valence-electron chi connectivity index (χ3n) is 3.95. The van der Waals surface area contributed by atoms with Crippen molar-refractivity contribution in [3.8, 4) is 0 Å². The third-order valence-corrected chi connectivity index (χ3v) is 3.95. The number of carbonyl (C=O) groups excluding carboxylic acids is 2. The van der Waals surface area contributed by atoms with Gasteiger partial charge >= 0.3 is 6.09 Å². The summed E-state index contributed by atoms with van der Waals surface area (Å²) in [6.45, 7) is 6.39. The summed E-state index contributed by atoms with van der Waals surface area (Å²) >= 11 is 0. The van der Waals surface area contributed by atoms with Crippen LogP contribution in [0.2, 0.25) is 0 Å². The summed E-state index contributed by atoms with van der Waals surface area (Å²) in [6.07, 6.45) is 5.44. The number of cyclic esters (lactones) is 1. The minimum absolute atomic E-state index is 0.0620. The fraction of sp³-hybridized carbons (Fsp3) is 0.714. The first kappa shape index (κ1) is 13.1. The van der Waals surface area contributed by atoms with Gasteiger partial charge in [-0.15, -0.1) is 0 Å². The summed E-state index contributed by atoms with van der Waals surface area (Å²) in [6, 6.07) is -0.108. The maximum Gasteiger partial charge on any atom is 0.416 e. The molecule has 1 saturated heterocycles. The van der Waals surface area contributed by atoms with Gasteiger partial charge < -0.3 is 4.74 Å². The second-order valence-corrected chi connectivity index (χ2v) is 5.57. The van der Waals surface area contributed by atoms with Gasteiger partial charge in [0.2, 0.25) is 5.91 Å². The average Bonchev–Trinajstić information content (AvgIpc) is 2.71. The lowest BCUT2D eigenvalue weighted by atomic mass is 9.84. The van der Waals surface area contributed by atoms with Gasteiger partial charge in [0.1, 0.15) is 6.61 Å². The topological polar surface area (TPSA) is 46.6 Å². The van der Waals surface area contributed by atoms with E-state index in [-0.39, 0.29) is 29.7 Å². The van der Waals surface area contributed by atoms with Crippen LogP contribution in [0.3, 0.4) is 0 Å². The van der Waals surface area contributed by atoms with Crippen molar-refractivity contribution in [2.45, 2.75) is 39.7 Å². The summed E-state index contributed by atoms with van der Waals surface area (Å²) in [4.78, 5) is 25.6. The second-order valence-electron chi connectivity index (χ2n) is 5.57. The Kier molecular flexibility index (Phi) is 3.73. The normalized spacial score (nSPS) is 31.9. The molecule has 0 spiro atoms. The molecule has 0 aromatic rings. The molecule has 1 aliphatic carbocycles. The molecule has 100 valence electrons. The number of rotatable bonds is 2. The van der Waals surface area contributed by atoms with Crippen LogP contribution >= 0.6 is 0 Å². The SMILES string of the molecule is CC(C)[C@H]1COC(=O)N1C(=O)[C@@H]1CCC=C[C@@H]1C. The number of hydrogen-bond acceptors (Lipinski definition) is 3. The molecule has 4 heteroatoms. The maximum absolute atomic E-state index is 12.5. The van der Waals surface area contributed by atoms with E-state index in [9.17, 15) is 9.59 Å². The van der Waals surface area contributed by atoms with Crippen molar-refractivity contribution < 1.29 is 14.3 Å².